The van der Waals surface area contributed by atoms with Crippen molar-refractivity contribution in [1.29, 1.82) is 0 Å². The second kappa shape index (κ2) is 10.2. The van der Waals surface area contributed by atoms with E-state index in [0.717, 1.165) is 0 Å². The number of carbonyl (C=O) groups excluding carboxylic acids is 1. The smallest absolute Gasteiger partial charge is 0.306 e. The fraction of sp³-hybridized carbons (Fsp3) is 0.857. The highest BCUT2D eigenvalue weighted by Gasteiger charge is 1.93. The highest BCUT2D eigenvalue weighted by atomic mass is 32.1. The first-order valence-corrected chi connectivity index (χ1v) is 4.55. The van der Waals surface area contributed by atoms with Gasteiger partial charge in [-0.2, -0.15) is 25.3 Å². The molecule has 0 aliphatic heterocycles. The normalized spacial score (nSPS) is 8.55. The lowest BCUT2D eigenvalue weighted by Gasteiger charge is -1.90. The Kier molecular flexibility index (Phi) is 12.7. The van der Waals surface area contributed by atoms with Gasteiger partial charge in [-0.3, -0.25) is 4.79 Å². The molecule has 0 aliphatic rings. The van der Waals surface area contributed by atoms with Crippen molar-refractivity contribution < 1.29 is 9.53 Å². The van der Waals surface area contributed by atoms with E-state index in [1.807, 2.05) is 13.8 Å². The van der Waals surface area contributed by atoms with Crippen LogP contribution in [0.2, 0.25) is 0 Å². The molecule has 0 aliphatic carbocycles. The Hall–Kier alpha value is 0.170. The lowest BCUT2D eigenvalue weighted by molar-refractivity contribution is -0.140. The Morgan fingerprint density at radius 3 is 2.00 bits per heavy atom. The summed E-state index contributed by atoms with van der Waals surface area (Å²) in [6.07, 6.45) is 0.402. The number of thiol groups is 2. The van der Waals surface area contributed by atoms with Crippen molar-refractivity contribution >= 4 is 31.2 Å². The van der Waals surface area contributed by atoms with E-state index in [9.17, 15) is 4.79 Å². The van der Waals surface area contributed by atoms with Crippen LogP contribution in [-0.2, 0) is 9.53 Å². The van der Waals surface area contributed by atoms with E-state index in [0.29, 0.717) is 17.4 Å². The second-order valence-corrected chi connectivity index (χ2v) is 3.62. The maximum absolute atomic E-state index is 10.1. The lowest BCUT2D eigenvalue weighted by atomic mass is 10.5. The Morgan fingerprint density at radius 1 is 1.55 bits per heavy atom. The van der Waals surface area contributed by atoms with Crippen LogP contribution in [0.25, 0.3) is 0 Å². The zero-order valence-corrected chi connectivity index (χ0v) is 8.99. The zero-order valence-electron chi connectivity index (χ0n) is 7.20. The Labute approximate surface area is 79.5 Å². The third-order valence-electron chi connectivity index (χ3n) is 0.544. The van der Waals surface area contributed by atoms with Gasteiger partial charge in [0.1, 0.15) is 0 Å². The van der Waals surface area contributed by atoms with E-state index in [4.69, 9.17) is 0 Å². The first-order chi connectivity index (χ1) is 5.04. The predicted octanol–water partition coefficient (Wildman–Crippen LogP) is 1.80. The van der Waals surface area contributed by atoms with E-state index in [1.165, 1.54) is 7.11 Å². The van der Waals surface area contributed by atoms with Gasteiger partial charge >= 0.3 is 5.97 Å². The average molecular weight is 196 g/mol. The summed E-state index contributed by atoms with van der Waals surface area (Å²) in [4.78, 5) is 10.1. The number of hydrogen-bond acceptors (Lipinski definition) is 4. The Bertz CT molecular complexity index is 91.7. The number of rotatable bonds is 2. The summed E-state index contributed by atoms with van der Waals surface area (Å²) in [5, 5.41) is 0.528. The van der Waals surface area contributed by atoms with Crippen LogP contribution in [0.5, 0.6) is 0 Å². The number of methoxy groups -OCH3 is 1. The minimum atomic E-state index is -0.199. The average Bonchev–Trinajstić information content (AvgIpc) is 1.87. The molecule has 0 N–H and O–H groups in total. The van der Waals surface area contributed by atoms with Gasteiger partial charge in [0, 0.05) is 5.75 Å². The standard InChI is InChI=1S/C4H8O2S.C3H8S/c1-6-4(5)2-3-7;1-3(2)4/h7H,2-3H2,1H3;3-4H,1-2H3. The van der Waals surface area contributed by atoms with Gasteiger partial charge in [-0.15, -0.1) is 0 Å². The summed E-state index contributed by atoms with van der Waals surface area (Å²) in [5.74, 6) is 0.363. The molecule has 0 aromatic heterocycles. The largest absolute Gasteiger partial charge is 0.469 e. The number of hydrogen-bond donors (Lipinski definition) is 2. The van der Waals surface area contributed by atoms with Crippen molar-refractivity contribution in [3.8, 4) is 0 Å². The lowest BCUT2D eigenvalue weighted by Crippen LogP contribution is -1.99. The van der Waals surface area contributed by atoms with Gasteiger partial charge in [0.2, 0.25) is 0 Å². The molecule has 0 rings (SSSR count). The monoisotopic (exact) mass is 196 g/mol. The van der Waals surface area contributed by atoms with Gasteiger partial charge < -0.3 is 4.74 Å². The molecule has 0 radical (unpaired) electrons. The van der Waals surface area contributed by atoms with Gasteiger partial charge in [-0.25, -0.2) is 0 Å². The van der Waals surface area contributed by atoms with Crippen LogP contribution >= 0.6 is 25.3 Å². The highest BCUT2D eigenvalue weighted by molar-refractivity contribution is 7.80. The fourth-order valence-electron chi connectivity index (χ4n) is 0.193. The van der Waals surface area contributed by atoms with Gasteiger partial charge in [-0.05, 0) is 5.25 Å². The molecule has 0 aromatic rings. The number of ether oxygens (including phenoxy) is 1. The van der Waals surface area contributed by atoms with E-state index < -0.39 is 0 Å². The van der Waals surface area contributed by atoms with Crippen molar-refractivity contribution in [3.05, 3.63) is 0 Å². The summed E-state index contributed by atoms with van der Waals surface area (Å²) in [5.41, 5.74) is 0. The van der Waals surface area contributed by atoms with Crippen LogP contribution in [0.4, 0.5) is 0 Å². The van der Waals surface area contributed by atoms with Crippen LogP contribution in [0, 0.1) is 0 Å². The van der Waals surface area contributed by atoms with Crippen molar-refractivity contribution in [3.63, 3.8) is 0 Å². The van der Waals surface area contributed by atoms with E-state index in [-0.39, 0.29) is 5.97 Å². The maximum atomic E-state index is 10.1. The Morgan fingerprint density at radius 2 is 1.91 bits per heavy atom. The molecule has 0 amide bonds. The molecule has 0 fully saturated rings. The van der Waals surface area contributed by atoms with Crippen molar-refractivity contribution in [2.45, 2.75) is 25.5 Å². The molecule has 0 aromatic carbocycles. The van der Waals surface area contributed by atoms with Crippen molar-refractivity contribution in [2.75, 3.05) is 12.9 Å². The van der Waals surface area contributed by atoms with Crippen LogP contribution in [0.15, 0.2) is 0 Å². The van der Waals surface area contributed by atoms with Crippen LogP contribution < -0.4 is 0 Å². The fourth-order valence-corrected chi connectivity index (χ4v) is 0.376. The quantitative estimate of drug-likeness (QED) is 0.520. The molecule has 0 saturated heterocycles. The summed E-state index contributed by atoms with van der Waals surface area (Å²) >= 11 is 7.78. The molecular weight excluding hydrogens is 180 g/mol. The van der Waals surface area contributed by atoms with Gasteiger partial charge in [0.05, 0.1) is 13.5 Å². The summed E-state index contributed by atoms with van der Waals surface area (Å²) in [6, 6.07) is 0. The molecular formula is C7H16O2S2. The summed E-state index contributed by atoms with van der Waals surface area (Å²) in [7, 11) is 1.37. The SMILES string of the molecule is CC(C)S.COC(=O)CCS. The van der Waals surface area contributed by atoms with Crippen LogP contribution in [0.3, 0.4) is 0 Å². The first kappa shape index (κ1) is 13.7. The van der Waals surface area contributed by atoms with E-state index >= 15 is 0 Å². The molecule has 0 spiro atoms. The maximum Gasteiger partial charge on any atom is 0.306 e. The summed E-state index contributed by atoms with van der Waals surface area (Å²) < 4.78 is 4.30. The van der Waals surface area contributed by atoms with Crippen LogP contribution in [-0.4, -0.2) is 24.1 Å². The third kappa shape index (κ3) is 25.4. The molecule has 4 heteroatoms. The third-order valence-corrected chi connectivity index (χ3v) is 0.767. The predicted molar refractivity (Wildman–Crippen MR) is 54.6 cm³/mol. The van der Waals surface area contributed by atoms with Crippen LogP contribution in [0.1, 0.15) is 20.3 Å². The van der Waals surface area contributed by atoms with Gasteiger partial charge in [-0.1, -0.05) is 13.8 Å². The molecule has 0 heterocycles. The van der Waals surface area contributed by atoms with Crippen molar-refractivity contribution in [1.82, 2.24) is 0 Å². The van der Waals surface area contributed by atoms with Crippen molar-refractivity contribution in [2.24, 2.45) is 0 Å². The molecule has 0 saturated carbocycles. The van der Waals surface area contributed by atoms with Gasteiger partial charge in [0.25, 0.3) is 0 Å². The molecule has 11 heavy (non-hydrogen) atoms. The molecule has 68 valence electrons. The highest BCUT2D eigenvalue weighted by Crippen LogP contribution is 1.84. The first-order valence-electron chi connectivity index (χ1n) is 3.40. The molecule has 0 bridgehead atoms. The van der Waals surface area contributed by atoms with E-state index in [2.05, 4.69) is 30.0 Å². The number of esters is 1. The van der Waals surface area contributed by atoms with Gasteiger partial charge in [0.15, 0.2) is 0 Å². The molecule has 2 nitrogen and oxygen atoms in total. The molecule has 0 atom stereocenters. The summed E-state index contributed by atoms with van der Waals surface area (Å²) in [6.45, 7) is 4.06. The number of carbonyl (C=O) groups is 1. The topological polar surface area (TPSA) is 26.3 Å². The zero-order chi connectivity index (χ0) is 9.28. The van der Waals surface area contributed by atoms with E-state index in [1.54, 1.807) is 0 Å². The second-order valence-electron chi connectivity index (χ2n) is 2.14. The Balaban J connectivity index is 0. The minimum Gasteiger partial charge on any atom is -0.469 e. The minimum absolute atomic E-state index is 0.199. The molecule has 0 unspecified atom stereocenters.